The van der Waals surface area contributed by atoms with Gasteiger partial charge in [-0.2, -0.15) is 4.31 Å². The van der Waals surface area contributed by atoms with Crippen molar-refractivity contribution in [2.75, 3.05) is 36.9 Å². The van der Waals surface area contributed by atoms with Crippen LogP contribution in [0.5, 0.6) is 11.5 Å². The van der Waals surface area contributed by atoms with E-state index in [1.165, 1.54) is 23.4 Å². The molecule has 0 radical (unpaired) electrons. The number of nitrogens with one attached hydrogen (secondary N) is 2. The van der Waals surface area contributed by atoms with E-state index < -0.39 is 10.0 Å². The van der Waals surface area contributed by atoms with Gasteiger partial charge in [0.2, 0.25) is 21.8 Å². The molecule has 0 saturated carbocycles. The number of ether oxygens (including phenoxy) is 2. The Labute approximate surface area is 186 Å². The molecule has 32 heavy (non-hydrogen) atoms. The minimum atomic E-state index is -3.67. The zero-order valence-electron chi connectivity index (χ0n) is 17.7. The van der Waals surface area contributed by atoms with E-state index in [9.17, 15) is 18.0 Å². The number of carbonyl (C=O) groups excluding carboxylic acids is 2. The fourth-order valence-corrected chi connectivity index (χ4v) is 5.26. The normalized spacial score (nSPS) is 16.9. The van der Waals surface area contributed by atoms with E-state index >= 15 is 0 Å². The predicted octanol–water partition coefficient (Wildman–Crippen LogP) is 2.46. The summed E-state index contributed by atoms with van der Waals surface area (Å²) >= 11 is 0. The number of carbonyl (C=O) groups is 2. The molecule has 2 aliphatic rings. The standard InChI is InChI=1S/C22H25N3O6S/c1-15(26)23-17-2-5-19(6-3-17)32(28,29)25-10-8-16(9-11-25)22(27)24-18-4-7-20-21(14-18)31-13-12-30-20/h2-7,14,16H,8-13H2,1H3,(H,23,26)(H,24,27). The molecule has 2 aliphatic heterocycles. The summed E-state index contributed by atoms with van der Waals surface area (Å²) in [6.45, 7) is 2.87. The number of amides is 2. The van der Waals surface area contributed by atoms with Gasteiger partial charge in [0, 0.05) is 43.4 Å². The van der Waals surface area contributed by atoms with Gasteiger partial charge in [0.05, 0.1) is 4.90 Å². The first kappa shape index (κ1) is 22.1. The molecular formula is C22H25N3O6S. The Balaban J connectivity index is 1.35. The van der Waals surface area contributed by atoms with Crippen molar-refractivity contribution in [3.8, 4) is 11.5 Å². The second-order valence-corrected chi connectivity index (χ2v) is 9.67. The molecule has 0 atom stereocenters. The number of anilines is 2. The zero-order valence-corrected chi connectivity index (χ0v) is 18.5. The number of hydrogen-bond acceptors (Lipinski definition) is 6. The van der Waals surface area contributed by atoms with Crippen LogP contribution in [0.2, 0.25) is 0 Å². The van der Waals surface area contributed by atoms with E-state index in [2.05, 4.69) is 10.6 Å². The number of rotatable bonds is 5. The summed E-state index contributed by atoms with van der Waals surface area (Å²) in [5, 5.41) is 5.50. The first-order valence-corrected chi connectivity index (χ1v) is 11.9. The minimum Gasteiger partial charge on any atom is -0.486 e. The number of piperidine rings is 1. The summed E-state index contributed by atoms with van der Waals surface area (Å²) in [6, 6.07) is 11.3. The SMILES string of the molecule is CC(=O)Nc1ccc(S(=O)(=O)N2CCC(C(=O)Nc3ccc4c(c3)OCCO4)CC2)cc1. The molecule has 2 aromatic carbocycles. The van der Waals surface area contributed by atoms with Crippen LogP contribution in [0.25, 0.3) is 0 Å². The first-order chi connectivity index (χ1) is 15.3. The molecule has 1 saturated heterocycles. The van der Waals surface area contributed by atoms with Gasteiger partial charge in [-0.15, -0.1) is 0 Å². The summed E-state index contributed by atoms with van der Waals surface area (Å²) in [7, 11) is -3.67. The second kappa shape index (κ2) is 9.17. The van der Waals surface area contributed by atoms with Gasteiger partial charge in [-0.05, 0) is 49.2 Å². The lowest BCUT2D eigenvalue weighted by atomic mass is 9.97. The smallest absolute Gasteiger partial charge is 0.243 e. The second-order valence-electron chi connectivity index (χ2n) is 7.73. The van der Waals surface area contributed by atoms with Crippen LogP contribution in [0.15, 0.2) is 47.4 Å². The summed E-state index contributed by atoms with van der Waals surface area (Å²) in [5.41, 5.74) is 1.15. The molecule has 0 bridgehead atoms. The number of sulfonamides is 1. The van der Waals surface area contributed by atoms with Crippen molar-refractivity contribution < 1.29 is 27.5 Å². The Kier molecular flexibility index (Phi) is 6.33. The summed E-state index contributed by atoms with van der Waals surface area (Å²) in [4.78, 5) is 24.0. The highest BCUT2D eigenvalue weighted by molar-refractivity contribution is 7.89. The van der Waals surface area contributed by atoms with Crippen molar-refractivity contribution in [3.05, 3.63) is 42.5 Å². The number of benzene rings is 2. The Morgan fingerprint density at radius 2 is 1.53 bits per heavy atom. The maximum atomic E-state index is 12.9. The van der Waals surface area contributed by atoms with E-state index in [0.29, 0.717) is 48.9 Å². The van der Waals surface area contributed by atoms with Crippen LogP contribution in [-0.4, -0.2) is 50.8 Å². The van der Waals surface area contributed by atoms with Crippen LogP contribution < -0.4 is 20.1 Å². The Bertz CT molecular complexity index is 1110. The van der Waals surface area contributed by atoms with Crippen LogP contribution in [0.3, 0.4) is 0 Å². The van der Waals surface area contributed by atoms with Crippen molar-refractivity contribution in [1.82, 2.24) is 4.31 Å². The molecule has 170 valence electrons. The van der Waals surface area contributed by atoms with Crippen molar-refractivity contribution in [1.29, 1.82) is 0 Å². The molecule has 0 aromatic heterocycles. The zero-order chi connectivity index (χ0) is 22.7. The van der Waals surface area contributed by atoms with Crippen molar-refractivity contribution in [2.24, 2.45) is 5.92 Å². The number of fused-ring (bicyclic) bond motifs is 1. The highest BCUT2D eigenvalue weighted by Crippen LogP contribution is 2.33. The third kappa shape index (κ3) is 4.86. The monoisotopic (exact) mass is 459 g/mol. The number of nitrogens with zero attached hydrogens (tertiary/aromatic N) is 1. The molecule has 9 nitrogen and oxygen atoms in total. The summed E-state index contributed by atoms with van der Waals surface area (Å²) in [5.74, 6) is 0.602. The average Bonchev–Trinajstić information content (AvgIpc) is 2.79. The number of hydrogen-bond donors (Lipinski definition) is 2. The van der Waals surface area contributed by atoms with Crippen molar-refractivity contribution >= 4 is 33.2 Å². The van der Waals surface area contributed by atoms with E-state index in [1.807, 2.05) is 0 Å². The van der Waals surface area contributed by atoms with Crippen LogP contribution >= 0.6 is 0 Å². The molecule has 2 amide bonds. The van der Waals surface area contributed by atoms with Gasteiger partial charge < -0.3 is 20.1 Å². The third-order valence-electron chi connectivity index (χ3n) is 5.45. The maximum Gasteiger partial charge on any atom is 0.243 e. The molecule has 1 fully saturated rings. The van der Waals surface area contributed by atoms with Crippen LogP contribution in [-0.2, 0) is 19.6 Å². The molecule has 2 heterocycles. The van der Waals surface area contributed by atoms with Gasteiger partial charge >= 0.3 is 0 Å². The highest BCUT2D eigenvalue weighted by atomic mass is 32.2. The lowest BCUT2D eigenvalue weighted by Crippen LogP contribution is -2.41. The average molecular weight is 460 g/mol. The Morgan fingerprint density at radius 3 is 2.19 bits per heavy atom. The molecule has 10 heteroatoms. The van der Waals surface area contributed by atoms with Gasteiger partial charge in [0.1, 0.15) is 13.2 Å². The molecule has 0 unspecified atom stereocenters. The van der Waals surface area contributed by atoms with Crippen molar-refractivity contribution in [2.45, 2.75) is 24.7 Å². The molecule has 0 spiro atoms. The highest BCUT2D eigenvalue weighted by Gasteiger charge is 2.32. The third-order valence-corrected chi connectivity index (χ3v) is 7.36. The van der Waals surface area contributed by atoms with Gasteiger partial charge in [-0.3, -0.25) is 9.59 Å². The summed E-state index contributed by atoms with van der Waals surface area (Å²) in [6.07, 6.45) is 0.860. The van der Waals surface area contributed by atoms with E-state index in [0.717, 1.165) is 0 Å². The van der Waals surface area contributed by atoms with E-state index in [-0.39, 0.29) is 35.7 Å². The fourth-order valence-electron chi connectivity index (χ4n) is 3.79. The van der Waals surface area contributed by atoms with Crippen LogP contribution in [0.1, 0.15) is 19.8 Å². The van der Waals surface area contributed by atoms with E-state index in [1.54, 1.807) is 30.3 Å². The first-order valence-electron chi connectivity index (χ1n) is 10.4. The van der Waals surface area contributed by atoms with Crippen LogP contribution in [0.4, 0.5) is 11.4 Å². The molecular weight excluding hydrogens is 434 g/mol. The largest absolute Gasteiger partial charge is 0.486 e. The van der Waals surface area contributed by atoms with Gasteiger partial charge in [-0.25, -0.2) is 8.42 Å². The lowest BCUT2D eigenvalue weighted by molar-refractivity contribution is -0.121. The fraction of sp³-hybridized carbons (Fsp3) is 0.364. The van der Waals surface area contributed by atoms with Gasteiger partial charge in [0.25, 0.3) is 0 Å². The Morgan fingerprint density at radius 1 is 0.906 bits per heavy atom. The van der Waals surface area contributed by atoms with Gasteiger partial charge in [-0.1, -0.05) is 0 Å². The maximum absolute atomic E-state index is 12.9. The van der Waals surface area contributed by atoms with Gasteiger partial charge in [0.15, 0.2) is 11.5 Å². The predicted molar refractivity (Wildman–Crippen MR) is 118 cm³/mol. The molecule has 2 aromatic rings. The molecule has 2 N–H and O–H groups in total. The van der Waals surface area contributed by atoms with Crippen molar-refractivity contribution in [3.63, 3.8) is 0 Å². The quantitative estimate of drug-likeness (QED) is 0.710. The molecule has 0 aliphatic carbocycles. The summed E-state index contributed by atoms with van der Waals surface area (Å²) < 4.78 is 38.3. The molecule has 4 rings (SSSR count). The minimum absolute atomic E-state index is 0.140. The lowest BCUT2D eigenvalue weighted by Gasteiger charge is -2.30. The van der Waals surface area contributed by atoms with E-state index in [4.69, 9.17) is 9.47 Å². The topological polar surface area (TPSA) is 114 Å². The van der Waals surface area contributed by atoms with Crippen LogP contribution in [0, 0.1) is 5.92 Å². The Hall–Kier alpha value is -3.11.